The predicted octanol–water partition coefficient (Wildman–Crippen LogP) is 3.20. The van der Waals surface area contributed by atoms with E-state index in [2.05, 4.69) is 27.2 Å². The van der Waals surface area contributed by atoms with Crippen molar-refractivity contribution in [2.45, 2.75) is 12.8 Å². The molecule has 0 atom stereocenters. The second kappa shape index (κ2) is 11.1. The van der Waals surface area contributed by atoms with E-state index in [1.54, 1.807) is 14.2 Å². The molecule has 0 aromatic heterocycles. The Morgan fingerprint density at radius 1 is 1.03 bits per heavy atom. The summed E-state index contributed by atoms with van der Waals surface area (Å²) >= 11 is 0. The molecule has 2 aromatic carbocycles. The molecule has 1 fully saturated rings. The highest BCUT2D eigenvalue weighted by Crippen LogP contribution is 2.30. The molecule has 4 rings (SSSR count). The topological polar surface area (TPSA) is 63.3 Å². The number of benzene rings is 2. The molecule has 2 aromatic rings. The van der Waals surface area contributed by atoms with Gasteiger partial charge in [-0.05, 0) is 55.8 Å². The van der Waals surface area contributed by atoms with Gasteiger partial charge in [0.05, 0.1) is 25.5 Å². The van der Waals surface area contributed by atoms with Crippen LogP contribution in [-0.4, -0.2) is 70.9 Å². The number of unbranched alkanes of at least 4 members (excludes halogenated alkanes) is 1. The largest absolute Gasteiger partial charge is 0.497 e. The van der Waals surface area contributed by atoms with E-state index < -0.39 is 0 Å². The number of nitrogens with zero attached hydrogens (tertiary/aromatic N) is 2. The van der Waals surface area contributed by atoms with Crippen LogP contribution >= 0.6 is 0 Å². The maximum absolute atomic E-state index is 12.5. The quantitative estimate of drug-likeness (QED) is 0.591. The SMILES string of the molecule is COc1ccc2c(c1)C=C(C(=O)NCCCCN1CCN(c3ccccc3OC)CC1)CO2. The van der Waals surface area contributed by atoms with Crippen molar-refractivity contribution in [3.8, 4) is 17.2 Å². The number of amides is 1. The number of piperazine rings is 1. The van der Waals surface area contributed by atoms with Gasteiger partial charge in [0, 0.05) is 38.3 Å². The molecule has 1 saturated heterocycles. The minimum atomic E-state index is -0.0612. The summed E-state index contributed by atoms with van der Waals surface area (Å²) in [7, 11) is 3.35. The van der Waals surface area contributed by atoms with Crippen molar-refractivity contribution in [2.24, 2.45) is 0 Å². The molecule has 7 heteroatoms. The van der Waals surface area contributed by atoms with Crippen LogP contribution in [0.3, 0.4) is 0 Å². The molecule has 0 unspecified atom stereocenters. The maximum Gasteiger partial charge on any atom is 0.250 e. The number of nitrogens with one attached hydrogen (secondary N) is 1. The fourth-order valence-electron chi connectivity index (χ4n) is 4.29. The fraction of sp³-hybridized carbons (Fsp3) is 0.423. The molecule has 1 amide bonds. The number of fused-ring (bicyclic) bond motifs is 1. The summed E-state index contributed by atoms with van der Waals surface area (Å²) in [4.78, 5) is 17.4. The van der Waals surface area contributed by atoms with Crippen LogP contribution in [0.25, 0.3) is 6.08 Å². The van der Waals surface area contributed by atoms with Crippen LogP contribution in [0.1, 0.15) is 18.4 Å². The molecule has 0 bridgehead atoms. The summed E-state index contributed by atoms with van der Waals surface area (Å²) in [6.07, 6.45) is 3.90. The minimum absolute atomic E-state index is 0.0612. The molecule has 7 nitrogen and oxygen atoms in total. The summed E-state index contributed by atoms with van der Waals surface area (Å²) < 4.78 is 16.5. The van der Waals surface area contributed by atoms with Gasteiger partial charge in [0.25, 0.3) is 5.91 Å². The molecule has 0 aliphatic carbocycles. The molecular formula is C26H33N3O4. The molecule has 0 radical (unpaired) electrons. The summed E-state index contributed by atoms with van der Waals surface area (Å²) in [5.74, 6) is 2.40. The molecule has 1 N–H and O–H groups in total. The number of rotatable bonds is 9. The zero-order chi connectivity index (χ0) is 23.0. The number of ether oxygens (including phenoxy) is 3. The summed E-state index contributed by atoms with van der Waals surface area (Å²) in [5.41, 5.74) is 2.69. The Kier molecular flexibility index (Phi) is 7.73. The number of hydrogen-bond donors (Lipinski definition) is 1. The van der Waals surface area contributed by atoms with Crippen molar-refractivity contribution in [1.29, 1.82) is 0 Å². The third-order valence-electron chi connectivity index (χ3n) is 6.21. The average Bonchev–Trinajstić information content (AvgIpc) is 2.88. The monoisotopic (exact) mass is 451 g/mol. The number of anilines is 1. The van der Waals surface area contributed by atoms with E-state index in [4.69, 9.17) is 14.2 Å². The van der Waals surface area contributed by atoms with Crippen molar-refractivity contribution in [2.75, 3.05) is 65.0 Å². The summed E-state index contributed by atoms with van der Waals surface area (Å²) in [6, 6.07) is 13.8. The van der Waals surface area contributed by atoms with Crippen molar-refractivity contribution in [3.63, 3.8) is 0 Å². The number of hydrogen-bond acceptors (Lipinski definition) is 6. The van der Waals surface area contributed by atoms with Crippen LogP contribution in [0.4, 0.5) is 5.69 Å². The lowest BCUT2D eigenvalue weighted by atomic mass is 10.1. The third-order valence-corrected chi connectivity index (χ3v) is 6.21. The zero-order valence-electron chi connectivity index (χ0n) is 19.5. The van der Waals surface area contributed by atoms with Gasteiger partial charge in [-0.25, -0.2) is 0 Å². The van der Waals surface area contributed by atoms with E-state index in [1.807, 2.05) is 36.4 Å². The Bertz CT molecular complexity index is 983. The molecule has 2 heterocycles. The smallest absolute Gasteiger partial charge is 0.250 e. The Balaban J connectivity index is 1.16. The normalized spacial score (nSPS) is 15.8. The lowest BCUT2D eigenvalue weighted by Gasteiger charge is -2.36. The van der Waals surface area contributed by atoms with E-state index in [0.29, 0.717) is 18.7 Å². The van der Waals surface area contributed by atoms with Gasteiger partial charge in [0.2, 0.25) is 0 Å². The maximum atomic E-state index is 12.5. The van der Waals surface area contributed by atoms with Crippen molar-refractivity contribution in [3.05, 3.63) is 53.6 Å². The first kappa shape index (κ1) is 23.0. The van der Waals surface area contributed by atoms with Crippen molar-refractivity contribution in [1.82, 2.24) is 10.2 Å². The van der Waals surface area contributed by atoms with Gasteiger partial charge in [-0.3, -0.25) is 9.69 Å². The van der Waals surface area contributed by atoms with Crippen LogP contribution in [0.15, 0.2) is 48.0 Å². The Morgan fingerprint density at radius 3 is 2.64 bits per heavy atom. The highest BCUT2D eigenvalue weighted by molar-refractivity contribution is 5.99. The van der Waals surface area contributed by atoms with Crippen molar-refractivity contribution < 1.29 is 19.0 Å². The van der Waals surface area contributed by atoms with Gasteiger partial charge < -0.3 is 24.4 Å². The summed E-state index contributed by atoms with van der Waals surface area (Å²) in [5, 5.41) is 3.03. The van der Waals surface area contributed by atoms with Gasteiger partial charge in [0.1, 0.15) is 23.9 Å². The van der Waals surface area contributed by atoms with Gasteiger partial charge in [-0.1, -0.05) is 12.1 Å². The number of methoxy groups -OCH3 is 2. The van der Waals surface area contributed by atoms with Crippen LogP contribution < -0.4 is 24.4 Å². The molecule has 176 valence electrons. The second-order valence-corrected chi connectivity index (χ2v) is 8.33. The first-order valence-electron chi connectivity index (χ1n) is 11.6. The molecular weight excluding hydrogens is 418 g/mol. The van der Waals surface area contributed by atoms with E-state index in [-0.39, 0.29) is 5.91 Å². The zero-order valence-corrected chi connectivity index (χ0v) is 19.5. The van der Waals surface area contributed by atoms with Gasteiger partial charge in [-0.2, -0.15) is 0 Å². The van der Waals surface area contributed by atoms with E-state index >= 15 is 0 Å². The Labute approximate surface area is 195 Å². The molecule has 33 heavy (non-hydrogen) atoms. The van der Waals surface area contributed by atoms with E-state index in [1.165, 1.54) is 5.69 Å². The lowest BCUT2D eigenvalue weighted by Crippen LogP contribution is -2.46. The predicted molar refractivity (Wildman–Crippen MR) is 130 cm³/mol. The number of para-hydroxylation sites is 2. The first-order valence-corrected chi connectivity index (χ1v) is 11.6. The lowest BCUT2D eigenvalue weighted by molar-refractivity contribution is -0.117. The minimum Gasteiger partial charge on any atom is -0.497 e. The van der Waals surface area contributed by atoms with E-state index in [0.717, 1.165) is 68.4 Å². The Morgan fingerprint density at radius 2 is 1.85 bits per heavy atom. The summed E-state index contributed by atoms with van der Waals surface area (Å²) in [6.45, 7) is 6.09. The molecule has 2 aliphatic rings. The molecule has 2 aliphatic heterocycles. The van der Waals surface area contributed by atoms with Crippen LogP contribution in [-0.2, 0) is 4.79 Å². The van der Waals surface area contributed by atoms with Gasteiger partial charge in [0.15, 0.2) is 0 Å². The van der Waals surface area contributed by atoms with Gasteiger partial charge >= 0.3 is 0 Å². The molecule has 0 spiro atoms. The second-order valence-electron chi connectivity index (χ2n) is 8.33. The highest BCUT2D eigenvalue weighted by Gasteiger charge is 2.20. The number of carbonyl (C=O) groups excluding carboxylic acids is 1. The van der Waals surface area contributed by atoms with E-state index in [9.17, 15) is 4.79 Å². The van der Waals surface area contributed by atoms with Crippen LogP contribution in [0.2, 0.25) is 0 Å². The Hall–Kier alpha value is -3.19. The van der Waals surface area contributed by atoms with Crippen LogP contribution in [0.5, 0.6) is 17.2 Å². The highest BCUT2D eigenvalue weighted by atomic mass is 16.5. The van der Waals surface area contributed by atoms with Crippen molar-refractivity contribution >= 4 is 17.7 Å². The first-order chi connectivity index (χ1) is 16.2. The standard InChI is InChI=1S/C26H33N3O4/c1-31-22-9-10-24-20(18-22)17-21(19-33-24)26(30)27-11-5-6-12-28-13-15-29(16-14-28)23-7-3-4-8-25(23)32-2/h3-4,7-10,17-18H,5-6,11-16,19H2,1-2H3,(H,27,30). The van der Waals surface area contributed by atoms with Gasteiger partial charge in [-0.15, -0.1) is 0 Å². The number of carbonyl (C=O) groups is 1. The average molecular weight is 452 g/mol. The fourth-order valence-corrected chi connectivity index (χ4v) is 4.29. The third kappa shape index (κ3) is 5.79. The van der Waals surface area contributed by atoms with Crippen LogP contribution in [0, 0.1) is 0 Å². The molecule has 0 saturated carbocycles.